The van der Waals surface area contributed by atoms with Crippen molar-refractivity contribution in [2.45, 2.75) is 6.42 Å². The van der Waals surface area contributed by atoms with Gasteiger partial charge in [0.2, 0.25) is 0 Å². The van der Waals surface area contributed by atoms with Gasteiger partial charge in [0.1, 0.15) is 0 Å². The summed E-state index contributed by atoms with van der Waals surface area (Å²) in [5.74, 6) is 0. The van der Waals surface area contributed by atoms with E-state index in [0.717, 1.165) is 6.42 Å². The first kappa shape index (κ1) is 25.3. The van der Waals surface area contributed by atoms with Gasteiger partial charge in [0.05, 0.1) is 0 Å². The summed E-state index contributed by atoms with van der Waals surface area (Å²) >= 11 is 0. The summed E-state index contributed by atoms with van der Waals surface area (Å²) < 4.78 is 0. The summed E-state index contributed by atoms with van der Waals surface area (Å²) in [6, 6.07) is 61.8. The maximum atomic E-state index is 2.34. The Labute approximate surface area is 252 Å². The first-order valence-corrected chi connectivity index (χ1v) is 15.0. The van der Waals surface area contributed by atoms with Crippen molar-refractivity contribution in [2.75, 3.05) is 0 Å². The van der Waals surface area contributed by atoms with E-state index in [9.17, 15) is 0 Å². The van der Waals surface area contributed by atoms with Crippen LogP contribution in [0.1, 0.15) is 11.1 Å². The van der Waals surface area contributed by atoms with Crippen molar-refractivity contribution in [3.8, 4) is 33.4 Å². The van der Waals surface area contributed by atoms with Crippen LogP contribution < -0.4 is 0 Å². The predicted octanol–water partition coefficient (Wildman–Crippen LogP) is 11.7. The molecule has 43 heavy (non-hydrogen) atoms. The predicted molar refractivity (Wildman–Crippen MR) is 185 cm³/mol. The van der Waals surface area contributed by atoms with E-state index in [0.29, 0.717) is 0 Å². The molecule has 0 bridgehead atoms. The summed E-state index contributed by atoms with van der Waals surface area (Å²) in [6.07, 6.45) is 0.861. The van der Waals surface area contributed by atoms with Crippen molar-refractivity contribution in [1.82, 2.24) is 0 Å². The van der Waals surface area contributed by atoms with Crippen LogP contribution in [0, 0.1) is 0 Å². The van der Waals surface area contributed by atoms with E-state index in [1.807, 2.05) is 0 Å². The highest BCUT2D eigenvalue weighted by Crippen LogP contribution is 2.44. The molecule has 0 nitrogen and oxygen atoms in total. The average molecular weight is 547 g/mol. The Bertz CT molecular complexity index is 2180. The summed E-state index contributed by atoms with van der Waals surface area (Å²) in [4.78, 5) is 0. The van der Waals surface area contributed by atoms with Crippen molar-refractivity contribution >= 4 is 32.3 Å². The normalized spacial score (nSPS) is 11.3. The number of rotatable bonds is 5. The molecule has 0 aliphatic carbocycles. The molecule has 0 saturated carbocycles. The fourth-order valence-electron chi connectivity index (χ4n) is 6.85. The van der Waals surface area contributed by atoms with Crippen LogP contribution in [0.25, 0.3) is 65.7 Å². The smallest absolute Gasteiger partial charge is 0.000728 e. The second kappa shape index (κ2) is 10.7. The number of hydrogen-bond donors (Lipinski definition) is 0. The van der Waals surface area contributed by atoms with Crippen LogP contribution >= 0.6 is 0 Å². The Morgan fingerprint density at radius 2 is 0.698 bits per heavy atom. The van der Waals surface area contributed by atoms with E-state index >= 15 is 0 Å². The molecule has 0 radical (unpaired) electrons. The largest absolute Gasteiger partial charge is 0.0622 e. The van der Waals surface area contributed by atoms with E-state index in [-0.39, 0.29) is 0 Å². The molecule has 0 aliphatic heterocycles. The highest BCUT2D eigenvalue weighted by atomic mass is 14.2. The minimum absolute atomic E-state index is 0.861. The molecule has 0 unspecified atom stereocenters. The van der Waals surface area contributed by atoms with Crippen LogP contribution in [0.5, 0.6) is 0 Å². The van der Waals surface area contributed by atoms with Crippen LogP contribution in [0.2, 0.25) is 0 Å². The summed E-state index contributed by atoms with van der Waals surface area (Å²) in [7, 11) is 0. The van der Waals surface area contributed by atoms with Crippen molar-refractivity contribution in [1.29, 1.82) is 0 Å². The third-order valence-corrected chi connectivity index (χ3v) is 8.79. The molecule has 0 aromatic heterocycles. The van der Waals surface area contributed by atoms with E-state index < -0.39 is 0 Å². The minimum Gasteiger partial charge on any atom is -0.0622 e. The van der Waals surface area contributed by atoms with Gasteiger partial charge in [-0.15, -0.1) is 0 Å². The van der Waals surface area contributed by atoms with Crippen molar-refractivity contribution in [3.63, 3.8) is 0 Å². The Morgan fingerprint density at radius 1 is 0.279 bits per heavy atom. The zero-order valence-corrected chi connectivity index (χ0v) is 23.9. The average Bonchev–Trinajstić information content (AvgIpc) is 3.09. The SMILES string of the molecule is c1ccc(-c2ccccc2Cc2c3ccccc3c(-c3ccc(-c4ccccc4)c4ccccc34)c3ccccc23)cc1. The molecule has 202 valence electrons. The first-order chi connectivity index (χ1) is 21.4. The molecule has 8 rings (SSSR count). The second-order valence-electron chi connectivity index (χ2n) is 11.2. The van der Waals surface area contributed by atoms with Crippen molar-refractivity contribution in [3.05, 3.63) is 181 Å². The molecule has 0 fully saturated rings. The Hall–Kier alpha value is -5.46. The van der Waals surface area contributed by atoms with Gasteiger partial charge in [-0.25, -0.2) is 0 Å². The zero-order chi connectivity index (χ0) is 28.6. The van der Waals surface area contributed by atoms with Gasteiger partial charge in [-0.2, -0.15) is 0 Å². The third kappa shape index (κ3) is 4.40. The lowest BCUT2D eigenvalue weighted by Gasteiger charge is -2.20. The van der Waals surface area contributed by atoms with Crippen molar-refractivity contribution < 1.29 is 0 Å². The molecule has 0 atom stereocenters. The maximum Gasteiger partial charge on any atom is -0.000728 e. The maximum absolute atomic E-state index is 2.34. The topological polar surface area (TPSA) is 0 Å². The van der Waals surface area contributed by atoms with Crippen LogP contribution in [0.4, 0.5) is 0 Å². The lowest BCUT2D eigenvalue weighted by Crippen LogP contribution is -1.97. The lowest BCUT2D eigenvalue weighted by atomic mass is 9.83. The minimum atomic E-state index is 0.861. The van der Waals surface area contributed by atoms with Crippen LogP contribution in [-0.2, 0) is 6.42 Å². The number of fused-ring (bicyclic) bond motifs is 3. The van der Waals surface area contributed by atoms with E-state index in [2.05, 4.69) is 170 Å². The molecule has 0 heterocycles. The molecule has 8 aromatic rings. The fourth-order valence-corrected chi connectivity index (χ4v) is 6.85. The zero-order valence-electron chi connectivity index (χ0n) is 23.9. The lowest BCUT2D eigenvalue weighted by molar-refractivity contribution is 1.23. The number of benzene rings is 8. The number of hydrogen-bond acceptors (Lipinski definition) is 0. The Kier molecular flexibility index (Phi) is 6.31. The monoisotopic (exact) mass is 546 g/mol. The van der Waals surface area contributed by atoms with Gasteiger partial charge in [-0.1, -0.05) is 170 Å². The standard InChI is InChI=1S/C43H30/c1-3-15-30(16-4-1)33-20-8-7-19-32(33)29-42-37-23-11-13-25-39(37)43(40-26-14-12-24-38(40)42)41-28-27-34(31-17-5-2-6-18-31)35-21-9-10-22-36(35)41/h1-28H,29H2. The van der Waals surface area contributed by atoms with Crippen LogP contribution in [0.15, 0.2) is 170 Å². The molecule has 0 aliphatic rings. The van der Waals surface area contributed by atoms with Gasteiger partial charge < -0.3 is 0 Å². The van der Waals surface area contributed by atoms with E-state index in [1.165, 1.54) is 76.8 Å². The molecule has 0 amide bonds. The molecule has 0 N–H and O–H groups in total. The highest BCUT2D eigenvalue weighted by Gasteiger charge is 2.19. The molecule has 8 aromatic carbocycles. The van der Waals surface area contributed by atoms with Gasteiger partial charge >= 0.3 is 0 Å². The fraction of sp³-hybridized carbons (Fsp3) is 0.0233. The Balaban J connectivity index is 1.39. The molecular formula is C43H30. The van der Waals surface area contributed by atoms with Gasteiger partial charge in [-0.05, 0) is 83.2 Å². The van der Waals surface area contributed by atoms with Gasteiger partial charge in [0, 0.05) is 0 Å². The highest BCUT2D eigenvalue weighted by molar-refractivity contribution is 6.19. The summed E-state index contributed by atoms with van der Waals surface area (Å²) in [5.41, 5.74) is 10.4. The summed E-state index contributed by atoms with van der Waals surface area (Å²) in [6.45, 7) is 0. The molecular weight excluding hydrogens is 516 g/mol. The van der Waals surface area contributed by atoms with Crippen molar-refractivity contribution in [2.24, 2.45) is 0 Å². The van der Waals surface area contributed by atoms with Crippen LogP contribution in [-0.4, -0.2) is 0 Å². The van der Waals surface area contributed by atoms with Crippen LogP contribution in [0.3, 0.4) is 0 Å². The Morgan fingerprint density at radius 3 is 1.30 bits per heavy atom. The van der Waals surface area contributed by atoms with Gasteiger partial charge in [0.15, 0.2) is 0 Å². The van der Waals surface area contributed by atoms with E-state index in [1.54, 1.807) is 0 Å². The molecule has 0 spiro atoms. The first-order valence-electron chi connectivity index (χ1n) is 15.0. The van der Waals surface area contributed by atoms with E-state index in [4.69, 9.17) is 0 Å². The van der Waals surface area contributed by atoms with Gasteiger partial charge in [-0.3, -0.25) is 0 Å². The molecule has 0 saturated heterocycles. The summed E-state index contributed by atoms with van der Waals surface area (Å²) in [5, 5.41) is 7.78. The third-order valence-electron chi connectivity index (χ3n) is 8.79. The quantitative estimate of drug-likeness (QED) is 0.188. The van der Waals surface area contributed by atoms with Gasteiger partial charge in [0.25, 0.3) is 0 Å². The second-order valence-corrected chi connectivity index (χ2v) is 11.2. The molecule has 0 heteroatoms.